The number of hydrogen-bond acceptors (Lipinski definition) is 15. The summed E-state index contributed by atoms with van der Waals surface area (Å²) < 4.78 is 68.9. The van der Waals surface area contributed by atoms with Gasteiger partial charge in [0.15, 0.2) is 12.2 Å². The molecule has 3 N–H and O–H groups in total. The molecular formula is C85H166O17P2. The number of esters is 4. The minimum Gasteiger partial charge on any atom is -0.462 e. The predicted octanol–water partition coefficient (Wildman–Crippen LogP) is 25.6. The van der Waals surface area contributed by atoms with Gasteiger partial charge in [0.2, 0.25) is 0 Å². The van der Waals surface area contributed by atoms with E-state index in [1.807, 2.05) is 0 Å². The molecule has 0 aromatic carbocycles. The van der Waals surface area contributed by atoms with Gasteiger partial charge in [-0.2, -0.15) is 0 Å². The van der Waals surface area contributed by atoms with Crippen molar-refractivity contribution in [2.75, 3.05) is 39.6 Å². The third-order valence-electron chi connectivity index (χ3n) is 20.9. The summed E-state index contributed by atoms with van der Waals surface area (Å²) in [5.74, 6) is 1.12. The van der Waals surface area contributed by atoms with Crippen molar-refractivity contribution >= 4 is 39.5 Å². The van der Waals surface area contributed by atoms with Crippen LogP contribution in [0.25, 0.3) is 0 Å². The van der Waals surface area contributed by atoms with Crippen LogP contribution in [0.3, 0.4) is 0 Å². The van der Waals surface area contributed by atoms with Crippen molar-refractivity contribution < 1.29 is 80.2 Å². The molecule has 17 nitrogen and oxygen atoms in total. The molecule has 0 aliphatic rings. The van der Waals surface area contributed by atoms with Crippen molar-refractivity contribution in [3.05, 3.63) is 0 Å². The van der Waals surface area contributed by atoms with E-state index in [0.717, 1.165) is 120 Å². The maximum Gasteiger partial charge on any atom is 0.472 e. The molecule has 0 saturated heterocycles. The molecule has 0 aliphatic carbocycles. The standard InChI is InChI=1S/C85H166O17P2/c1-9-76(6)62-54-46-38-32-26-20-15-17-22-28-34-40-49-57-65-82(87)95-71-80(101-84(89)67-59-51-41-35-29-23-14-12-13-19-25-31-37-45-53-61-75(4)5)73-99-103(91,92)97-69-79(86)70-98-104(93,94)100-74-81(72-96-83(88)66-58-50-44-43-48-56-64-78(8)11-3)102-85(90)68-60-52-42-36-30-24-18-16-21-27-33-39-47-55-63-77(7)10-2/h75-81,86H,9-74H2,1-8H3,(H,91,92)(H,93,94)/t76?,77?,78?,79-,80-,81-/m1/s1. The van der Waals surface area contributed by atoms with E-state index in [0.29, 0.717) is 25.7 Å². The second kappa shape index (κ2) is 73.8. The van der Waals surface area contributed by atoms with E-state index in [9.17, 15) is 43.2 Å². The molecule has 0 bridgehead atoms. The summed E-state index contributed by atoms with van der Waals surface area (Å²) in [6.07, 6.45) is 62.3. The zero-order chi connectivity index (χ0) is 76.7. The Hall–Kier alpha value is -1.94. The molecule has 0 amide bonds. The molecule has 618 valence electrons. The van der Waals surface area contributed by atoms with Gasteiger partial charge in [0, 0.05) is 25.7 Å². The number of ether oxygens (including phenoxy) is 4. The van der Waals surface area contributed by atoms with Gasteiger partial charge >= 0.3 is 39.5 Å². The molecule has 0 radical (unpaired) electrons. The van der Waals surface area contributed by atoms with E-state index >= 15 is 0 Å². The van der Waals surface area contributed by atoms with Crippen LogP contribution in [0.1, 0.15) is 441 Å². The average molecular weight is 1520 g/mol. The summed E-state index contributed by atoms with van der Waals surface area (Å²) in [5.41, 5.74) is 0. The van der Waals surface area contributed by atoms with E-state index in [2.05, 4.69) is 55.4 Å². The van der Waals surface area contributed by atoms with Gasteiger partial charge in [-0.25, -0.2) is 9.13 Å². The first-order valence-electron chi connectivity index (χ1n) is 43.8. The van der Waals surface area contributed by atoms with Crippen LogP contribution >= 0.6 is 15.6 Å². The molecular weight excluding hydrogens is 1350 g/mol. The molecule has 5 unspecified atom stereocenters. The minimum atomic E-state index is -4.97. The fraction of sp³-hybridized carbons (Fsp3) is 0.953. The highest BCUT2D eigenvalue weighted by Gasteiger charge is 2.31. The van der Waals surface area contributed by atoms with Gasteiger partial charge in [-0.3, -0.25) is 37.3 Å². The molecule has 0 rings (SSSR count). The molecule has 0 heterocycles. The molecule has 0 saturated carbocycles. The lowest BCUT2D eigenvalue weighted by Gasteiger charge is -2.21. The van der Waals surface area contributed by atoms with Gasteiger partial charge in [-0.05, 0) is 49.4 Å². The maximum absolute atomic E-state index is 13.1. The van der Waals surface area contributed by atoms with Crippen LogP contribution in [0.5, 0.6) is 0 Å². The second-order valence-electron chi connectivity index (χ2n) is 31.8. The van der Waals surface area contributed by atoms with Crippen LogP contribution in [-0.2, 0) is 65.4 Å². The smallest absolute Gasteiger partial charge is 0.462 e. The first-order chi connectivity index (χ1) is 50.2. The number of hydrogen-bond donors (Lipinski definition) is 3. The van der Waals surface area contributed by atoms with E-state index in [1.165, 1.54) is 238 Å². The number of carbonyl (C=O) groups excluding carboxylic acids is 4. The monoisotopic (exact) mass is 1520 g/mol. The van der Waals surface area contributed by atoms with Gasteiger partial charge in [-0.1, -0.05) is 389 Å². The molecule has 0 aromatic rings. The SMILES string of the molecule is CCC(C)CCCCCCCCCCCCCCCCC(=O)OC[C@H](COP(=O)(O)OC[C@@H](O)COP(=O)(O)OC[C@@H](COC(=O)CCCCCCCCC(C)CC)OC(=O)CCCCCCCCCCCCCCCCC(C)CC)OC(=O)CCCCCCCCCCCCCCCCCC(C)C. The van der Waals surface area contributed by atoms with Crippen molar-refractivity contribution in [3.63, 3.8) is 0 Å². The molecule has 0 spiro atoms. The van der Waals surface area contributed by atoms with Crippen molar-refractivity contribution in [1.82, 2.24) is 0 Å². The first-order valence-corrected chi connectivity index (χ1v) is 46.8. The van der Waals surface area contributed by atoms with Crippen LogP contribution in [0.15, 0.2) is 0 Å². The maximum atomic E-state index is 13.1. The summed E-state index contributed by atoms with van der Waals surface area (Å²) in [5, 5.41) is 10.7. The molecule has 0 aromatic heterocycles. The summed E-state index contributed by atoms with van der Waals surface area (Å²) >= 11 is 0. The van der Waals surface area contributed by atoms with Gasteiger partial charge < -0.3 is 33.8 Å². The van der Waals surface area contributed by atoms with Crippen LogP contribution in [0, 0.1) is 23.7 Å². The number of phosphoric ester groups is 2. The molecule has 19 heteroatoms. The zero-order valence-electron chi connectivity index (χ0n) is 68.7. The Labute approximate surface area is 638 Å². The van der Waals surface area contributed by atoms with Gasteiger partial charge in [0.1, 0.15) is 19.3 Å². The van der Waals surface area contributed by atoms with Crippen LogP contribution in [0.4, 0.5) is 0 Å². The Bertz CT molecular complexity index is 2030. The summed E-state index contributed by atoms with van der Waals surface area (Å²) in [6.45, 7) is 14.4. The highest BCUT2D eigenvalue weighted by molar-refractivity contribution is 7.47. The Morgan fingerprint density at radius 1 is 0.269 bits per heavy atom. The van der Waals surface area contributed by atoms with Crippen molar-refractivity contribution in [2.24, 2.45) is 23.7 Å². The average Bonchev–Trinajstić information content (AvgIpc) is 0.907. The zero-order valence-corrected chi connectivity index (χ0v) is 70.5. The Morgan fingerprint density at radius 3 is 0.683 bits per heavy atom. The minimum absolute atomic E-state index is 0.107. The van der Waals surface area contributed by atoms with E-state index < -0.39 is 97.5 Å². The Kier molecular flexibility index (Phi) is 72.5. The van der Waals surface area contributed by atoms with Crippen LogP contribution in [0.2, 0.25) is 0 Å². The third-order valence-corrected chi connectivity index (χ3v) is 22.8. The quantitative estimate of drug-likeness (QED) is 0.0222. The van der Waals surface area contributed by atoms with E-state index in [4.69, 9.17) is 37.0 Å². The van der Waals surface area contributed by atoms with Gasteiger partial charge in [0.05, 0.1) is 26.4 Å². The van der Waals surface area contributed by atoms with E-state index in [-0.39, 0.29) is 25.7 Å². The Morgan fingerprint density at radius 2 is 0.462 bits per heavy atom. The third kappa shape index (κ3) is 74.2. The molecule has 0 fully saturated rings. The topological polar surface area (TPSA) is 237 Å². The largest absolute Gasteiger partial charge is 0.472 e. The number of unbranched alkanes of at least 4 members (excludes halogenated alkanes) is 45. The number of aliphatic hydroxyl groups excluding tert-OH is 1. The first kappa shape index (κ1) is 102. The van der Waals surface area contributed by atoms with Gasteiger partial charge in [-0.15, -0.1) is 0 Å². The van der Waals surface area contributed by atoms with Crippen LogP contribution in [-0.4, -0.2) is 96.7 Å². The number of carbonyl (C=O) groups is 4. The number of phosphoric acid groups is 2. The summed E-state index contributed by atoms with van der Waals surface area (Å²) in [7, 11) is -9.93. The summed E-state index contributed by atoms with van der Waals surface area (Å²) in [4.78, 5) is 73.2. The highest BCUT2D eigenvalue weighted by atomic mass is 31.2. The number of aliphatic hydroxyl groups is 1. The highest BCUT2D eigenvalue weighted by Crippen LogP contribution is 2.45. The van der Waals surface area contributed by atoms with Crippen LogP contribution < -0.4 is 0 Å². The summed E-state index contributed by atoms with van der Waals surface area (Å²) in [6, 6.07) is 0. The molecule has 0 aliphatic heterocycles. The van der Waals surface area contributed by atoms with E-state index in [1.54, 1.807) is 0 Å². The Balaban J connectivity index is 5.25. The number of rotatable bonds is 82. The van der Waals surface area contributed by atoms with Crippen molar-refractivity contribution in [2.45, 2.75) is 459 Å². The molecule has 104 heavy (non-hydrogen) atoms. The lowest BCUT2D eigenvalue weighted by Crippen LogP contribution is -2.30. The fourth-order valence-corrected chi connectivity index (χ4v) is 14.6. The molecule has 8 atom stereocenters. The van der Waals surface area contributed by atoms with Gasteiger partial charge in [0.25, 0.3) is 0 Å². The lowest BCUT2D eigenvalue weighted by molar-refractivity contribution is -0.161. The van der Waals surface area contributed by atoms with Crippen molar-refractivity contribution in [1.29, 1.82) is 0 Å². The normalized spacial score (nSPS) is 14.7. The van der Waals surface area contributed by atoms with Crippen molar-refractivity contribution in [3.8, 4) is 0 Å². The predicted molar refractivity (Wildman–Crippen MR) is 428 cm³/mol. The second-order valence-corrected chi connectivity index (χ2v) is 34.7. The lowest BCUT2D eigenvalue weighted by atomic mass is 9.99. The fourth-order valence-electron chi connectivity index (χ4n) is 13.0.